The number of aliphatic hydroxyl groups excluding tert-OH is 4. The minimum absolute atomic E-state index is 0.285. The van der Waals surface area contributed by atoms with Crippen molar-refractivity contribution >= 4 is 5.91 Å². The number of hydrogen-bond acceptors (Lipinski definition) is 5. The molecule has 0 spiro atoms. The Labute approximate surface area is 272 Å². The molecular formula is C38H75NO5. The zero-order chi connectivity index (χ0) is 32.5. The average Bonchev–Trinajstić information content (AvgIpc) is 3.03. The maximum Gasteiger partial charge on any atom is 0.249 e. The van der Waals surface area contributed by atoms with E-state index >= 15 is 0 Å². The van der Waals surface area contributed by atoms with Crippen molar-refractivity contribution in [1.82, 2.24) is 5.32 Å². The van der Waals surface area contributed by atoms with Gasteiger partial charge in [0.15, 0.2) is 0 Å². The molecule has 1 amide bonds. The number of carbonyl (C=O) groups excluding carboxylic acids is 1. The molecular weight excluding hydrogens is 550 g/mol. The smallest absolute Gasteiger partial charge is 0.249 e. The van der Waals surface area contributed by atoms with Crippen molar-refractivity contribution in [2.24, 2.45) is 0 Å². The third-order valence-electron chi connectivity index (χ3n) is 8.98. The topological polar surface area (TPSA) is 110 Å². The van der Waals surface area contributed by atoms with Crippen molar-refractivity contribution in [3.8, 4) is 0 Å². The molecule has 0 aliphatic rings. The number of hydrogen-bond donors (Lipinski definition) is 5. The van der Waals surface area contributed by atoms with Crippen LogP contribution in [-0.2, 0) is 4.79 Å². The summed E-state index contributed by atoms with van der Waals surface area (Å²) in [4.78, 5) is 12.3. The lowest BCUT2D eigenvalue weighted by Crippen LogP contribution is -2.53. The van der Waals surface area contributed by atoms with E-state index < -0.39 is 36.9 Å². The number of aliphatic hydroxyl groups is 4. The molecule has 0 aromatic rings. The molecule has 0 saturated heterocycles. The van der Waals surface area contributed by atoms with Gasteiger partial charge in [-0.1, -0.05) is 174 Å². The van der Waals surface area contributed by atoms with E-state index in [1.165, 1.54) is 128 Å². The van der Waals surface area contributed by atoms with Gasteiger partial charge in [-0.15, -0.1) is 0 Å². The van der Waals surface area contributed by atoms with Crippen LogP contribution >= 0.6 is 0 Å². The summed E-state index contributed by atoms with van der Waals surface area (Å²) < 4.78 is 0. The van der Waals surface area contributed by atoms with Crippen molar-refractivity contribution in [3.63, 3.8) is 0 Å². The highest BCUT2D eigenvalue weighted by Gasteiger charge is 2.28. The summed E-state index contributed by atoms with van der Waals surface area (Å²) in [5.74, 6) is -0.620. The molecule has 0 rings (SSSR count). The molecule has 0 aromatic heterocycles. The second-order valence-corrected chi connectivity index (χ2v) is 13.3. The van der Waals surface area contributed by atoms with E-state index in [9.17, 15) is 25.2 Å². The van der Waals surface area contributed by atoms with E-state index in [-0.39, 0.29) is 6.42 Å². The first-order valence-corrected chi connectivity index (χ1v) is 19.1. The second kappa shape index (κ2) is 33.4. The van der Waals surface area contributed by atoms with Gasteiger partial charge in [-0.25, -0.2) is 0 Å². The molecule has 0 saturated carbocycles. The second-order valence-electron chi connectivity index (χ2n) is 13.3. The molecule has 262 valence electrons. The van der Waals surface area contributed by atoms with Gasteiger partial charge in [-0.3, -0.25) is 4.79 Å². The zero-order valence-electron chi connectivity index (χ0n) is 29.2. The SMILES string of the molecule is CCCCCC/C=C\CCC(O)C(=O)NC(CO)C(O)C(O)CCCCCCCCCCCCCCCCCCCCCC. The van der Waals surface area contributed by atoms with Crippen LogP contribution in [0.25, 0.3) is 0 Å². The Morgan fingerprint density at radius 3 is 1.36 bits per heavy atom. The Morgan fingerprint density at radius 1 is 0.545 bits per heavy atom. The fourth-order valence-electron chi connectivity index (χ4n) is 5.88. The third-order valence-corrected chi connectivity index (χ3v) is 8.98. The van der Waals surface area contributed by atoms with Crippen molar-refractivity contribution in [2.45, 2.75) is 218 Å². The Bertz CT molecular complexity index is 628. The van der Waals surface area contributed by atoms with Gasteiger partial charge in [0.05, 0.1) is 18.8 Å². The standard InChI is InChI=1S/C38H75NO5/c1-3-5-7-9-11-13-14-15-16-17-18-19-20-21-22-23-24-26-27-29-31-35(41)37(43)34(33-40)39-38(44)36(42)32-30-28-25-12-10-8-6-4-2/h25,28,34-37,40-43H,3-24,26-27,29-33H2,1-2H3,(H,39,44)/b28-25-. The van der Waals surface area contributed by atoms with Crippen molar-refractivity contribution in [3.05, 3.63) is 12.2 Å². The van der Waals surface area contributed by atoms with Crippen LogP contribution in [0.2, 0.25) is 0 Å². The largest absolute Gasteiger partial charge is 0.394 e. The highest BCUT2D eigenvalue weighted by atomic mass is 16.3. The van der Waals surface area contributed by atoms with Crippen LogP contribution in [-0.4, -0.2) is 57.3 Å². The Balaban J connectivity index is 3.72. The number of carbonyl (C=O) groups is 1. The van der Waals surface area contributed by atoms with Crippen LogP contribution < -0.4 is 5.32 Å². The molecule has 0 heterocycles. The monoisotopic (exact) mass is 626 g/mol. The molecule has 4 atom stereocenters. The normalized spacial score (nSPS) is 14.6. The maximum atomic E-state index is 12.3. The molecule has 0 aliphatic carbocycles. The molecule has 44 heavy (non-hydrogen) atoms. The summed E-state index contributed by atoms with van der Waals surface area (Å²) in [6.07, 6.45) is 34.1. The number of rotatable bonds is 34. The fraction of sp³-hybridized carbons (Fsp3) is 0.921. The highest BCUT2D eigenvalue weighted by Crippen LogP contribution is 2.16. The predicted molar refractivity (Wildman–Crippen MR) is 187 cm³/mol. The molecule has 0 aromatic carbocycles. The van der Waals surface area contributed by atoms with Gasteiger partial charge >= 0.3 is 0 Å². The Morgan fingerprint density at radius 2 is 0.932 bits per heavy atom. The van der Waals surface area contributed by atoms with E-state index in [4.69, 9.17) is 0 Å². The molecule has 6 heteroatoms. The molecule has 4 unspecified atom stereocenters. The zero-order valence-corrected chi connectivity index (χ0v) is 29.2. The molecule has 0 radical (unpaired) electrons. The van der Waals surface area contributed by atoms with Gasteiger partial charge in [0.1, 0.15) is 12.2 Å². The van der Waals surface area contributed by atoms with Crippen molar-refractivity contribution in [1.29, 1.82) is 0 Å². The summed E-state index contributed by atoms with van der Waals surface area (Å²) in [6, 6.07) is -0.994. The lowest BCUT2D eigenvalue weighted by atomic mass is 9.99. The van der Waals surface area contributed by atoms with Gasteiger partial charge in [0.25, 0.3) is 0 Å². The quantitative estimate of drug-likeness (QED) is 0.0362. The molecule has 6 nitrogen and oxygen atoms in total. The first kappa shape index (κ1) is 43.0. The van der Waals surface area contributed by atoms with Crippen LogP contribution in [0, 0.1) is 0 Å². The highest BCUT2D eigenvalue weighted by molar-refractivity contribution is 5.80. The van der Waals surface area contributed by atoms with E-state index in [2.05, 4.69) is 25.2 Å². The number of allylic oxidation sites excluding steroid dienone is 2. The third kappa shape index (κ3) is 27.4. The molecule has 0 bridgehead atoms. The summed E-state index contributed by atoms with van der Waals surface area (Å²) in [5.41, 5.74) is 0. The number of unbranched alkanes of at least 4 members (excludes halogenated alkanes) is 23. The van der Waals surface area contributed by atoms with E-state index in [0.29, 0.717) is 12.8 Å². The number of nitrogens with one attached hydrogen (secondary N) is 1. The van der Waals surface area contributed by atoms with Crippen LogP contribution in [0.3, 0.4) is 0 Å². The molecule has 0 aliphatic heterocycles. The Kier molecular flexibility index (Phi) is 32.7. The van der Waals surface area contributed by atoms with Crippen molar-refractivity contribution < 1.29 is 25.2 Å². The Hall–Kier alpha value is -0.950. The first-order chi connectivity index (χ1) is 21.5. The lowest BCUT2D eigenvalue weighted by molar-refractivity contribution is -0.132. The van der Waals surface area contributed by atoms with Crippen LogP contribution in [0.1, 0.15) is 194 Å². The fourth-order valence-corrected chi connectivity index (χ4v) is 5.88. The van der Waals surface area contributed by atoms with E-state index in [1.807, 2.05) is 6.08 Å². The van der Waals surface area contributed by atoms with Gasteiger partial charge in [-0.05, 0) is 32.1 Å². The number of amides is 1. The summed E-state index contributed by atoms with van der Waals surface area (Å²) in [5, 5.41) is 43.3. The maximum absolute atomic E-state index is 12.3. The van der Waals surface area contributed by atoms with Crippen molar-refractivity contribution in [2.75, 3.05) is 6.61 Å². The van der Waals surface area contributed by atoms with Crippen LogP contribution in [0.4, 0.5) is 0 Å². The predicted octanol–water partition coefficient (Wildman–Crippen LogP) is 9.07. The summed E-state index contributed by atoms with van der Waals surface area (Å²) >= 11 is 0. The van der Waals surface area contributed by atoms with E-state index in [0.717, 1.165) is 32.1 Å². The summed E-state index contributed by atoms with van der Waals surface area (Å²) in [7, 11) is 0. The van der Waals surface area contributed by atoms with Gasteiger partial charge in [-0.2, -0.15) is 0 Å². The molecule has 5 N–H and O–H groups in total. The average molecular weight is 626 g/mol. The summed E-state index contributed by atoms with van der Waals surface area (Å²) in [6.45, 7) is 3.97. The minimum Gasteiger partial charge on any atom is -0.394 e. The van der Waals surface area contributed by atoms with Crippen LogP contribution in [0.15, 0.2) is 12.2 Å². The van der Waals surface area contributed by atoms with Crippen LogP contribution in [0.5, 0.6) is 0 Å². The molecule has 0 fully saturated rings. The minimum atomic E-state index is -1.26. The van der Waals surface area contributed by atoms with Gasteiger partial charge in [0.2, 0.25) is 5.91 Å². The first-order valence-electron chi connectivity index (χ1n) is 19.1. The van der Waals surface area contributed by atoms with Gasteiger partial charge in [0, 0.05) is 0 Å². The van der Waals surface area contributed by atoms with E-state index in [1.54, 1.807) is 0 Å². The van der Waals surface area contributed by atoms with Gasteiger partial charge < -0.3 is 25.7 Å². The lowest BCUT2D eigenvalue weighted by Gasteiger charge is -2.27.